The first kappa shape index (κ1) is 16.3. The van der Waals surface area contributed by atoms with E-state index in [1.807, 2.05) is 23.6 Å². The van der Waals surface area contributed by atoms with Crippen LogP contribution in [0.4, 0.5) is 5.69 Å². The minimum Gasteiger partial charge on any atom is -0.346 e. The standard InChI is InChI=1S/C16H14N4O2S2/c1-10(21)19-14-13(12-6-2-3-7-17-12)20-24-15(14)16(22)18-9-11-5-4-8-23-11/h2-8H,9H2,1H3,(H,18,22)(H,19,21). The predicted molar refractivity (Wildman–Crippen MR) is 95.1 cm³/mol. The fourth-order valence-electron chi connectivity index (χ4n) is 2.08. The van der Waals surface area contributed by atoms with Gasteiger partial charge in [-0.05, 0) is 35.1 Å². The van der Waals surface area contributed by atoms with Gasteiger partial charge in [-0.25, -0.2) is 0 Å². The van der Waals surface area contributed by atoms with Crippen LogP contribution in [0.5, 0.6) is 0 Å². The van der Waals surface area contributed by atoms with Gasteiger partial charge in [0.2, 0.25) is 5.91 Å². The molecule has 0 aliphatic rings. The van der Waals surface area contributed by atoms with Crippen molar-refractivity contribution in [3.8, 4) is 11.4 Å². The third-order valence-corrected chi connectivity index (χ3v) is 4.83. The van der Waals surface area contributed by atoms with E-state index in [0.717, 1.165) is 16.4 Å². The molecule has 0 aliphatic carbocycles. The monoisotopic (exact) mass is 358 g/mol. The molecule has 0 atom stereocenters. The van der Waals surface area contributed by atoms with Gasteiger partial charge in [0, 0.05) is 18.0 Å². The van der Waals surface area contributed by atoms with E-state index in [2.05, 4.69) is 20.0 Å². The Bertz CT molecular complexity index is 844. The van der Waals surface area contributed by atoms with Gasteiger partial charge in [0.05, 0.1) is 17.9 Å². The van der Waals surface area contributed by atoms with Gasteiger partial charge in [0.25, 0.3) is 5.91 Å². The zero-order valence-electron chi connectivity index (χ0n) is 12.8. The van der Waals surface area contributed by atoms with Gasteiger partial charge in [-0.3, -0.25) is 14.6 Å². The average Bonchev–Trinajstić information content (AvgIpc) is 3.23. The predicted octanol–water partition coefficient (Wildman–Crippen LogP) is 3.16. The number of carbonyl (C=O) groups excluding carboxylic acids is 2. The number of pyridine rings is 1. The molecule has 24 heavy (non-hydrogen) atoms. The molecule has 0 saturated heterocycles. The Morgan fingerprint density at radius 1 is 1.21 bits per heavy atom. The minimum atomic E-state index is -0.271. The van der Waals surface area contributed by atoms with Crippen LogP contribution in [0.15, 0.2) is 41.9 Å². The summed E-state index contributed by atoms with van der Waals surface area (Å²) in [6.45, 7) is 1.83. The van der Waals surface area contributed by atoms with Crippen molar-refractivity contribution in [1.29, 1.82) is 0 Å². The van der Waals surface area contributed by atoms with Crippen molar-refractivity contribution < 1.29 is 9.59 Å². The summed E-state index contributed by atoms with van der Waals surface area (Å²) in [5.41, 5.74) is 1.50. The molecule has 8 heteroatoms. The second-order valence-corrected chi connectivity index (χ2v) is 6.70. The van der Waals surface area contributed by atoms with Gasteiger partial charge < -0.3 is 10.6 Å². The lowest BCUT2D eigenvalue weighted by Gasteiger charge is -2.07. The Kier molecular flexibility index (Phi) is 4.97. The van der Waals surface area contributed by atoms with Crippen LogP contribution in [0.3, 0.4) is 0 Å². The zero-order valence-corrected chi connectivity index (χ0v) is 14.4. The summed E-state index contributed by atoms with van der Waals surface area (Å²) in [6.07, 6.45) is 1.64. The largest absolute Gasteiger partial charge is 0.346 e. The number of anilines is 1. The fourth-order valence-corrected chi connectivity index (χ4v) is 3.48. The molecule has 2 amide bonds. The molecular weight excluding hydrogens is 344 g/mol. The lowest BCUT2D eigenvalue weighted by Crippen LogP contribution is -2.23. The first-order chi connectivity index (χ1) is 11.6. The summed E-state index contributed by atoms with van der Waals surface area (Å²) in [6, 6.07) is 9.29. The third-order valence-electron chi connectivity index (χ3n) is 3.11. The van der Waals surface area contributed by atoms with Crippen LogP contribution in [0.1, 0.15) is 21.5 Å². The van der Waals surface area contributed by atoms with Crippen molar-refractivity contribution in [3.05, 3.63) is 51.7 Å². The summed E-state index contributed by atoms with van der Waals surface area (Å²) >= 11 is 2.62. The van der Waals surface area contributed by atoms with E-state index in [0.29, 0.717) is 28.5 Å². The van der Waals surface area contributed by atoms with Crippen molar-refractivity contribution in [1.82, 2.24) is 14.7 Å². The van der Waals surface area contributed by atoms with Crippen LogP contribution in [-0.2, 0) is 11.3 Å². The molecule has 3 rings (SSSR count). The van der Waals surface area contributed by atoms with Crippen LogP contribution in [0.25, 0.3) is 11.4 Å². The molecular formula is C16H14N4O2S2. The number of thiophene rings is 1. The van der Waals surface area contributed by atoms with Gasteiger partial charge in [-0.2, -0.15) is 4.37 Å². The van der Waals surface area contributed by atoms with E-state index in [9.17, 15) is 9.59 Å². The number of nitrogens with one attached hydrogen (secondary N) is 2. The lowest BCUT2D eigenvalue weighted by atomic mass is 10.2. The molecule has 3 aromatic rings. The molecule has 3 aromatic heterocycles. The number of carbonyl (C=O) groups is 2. The Labute approximate surface area is 146 Å². The second kappa shape index (κ2) is 7.33. The van der Waals surface area contributed by atoms with E-state index in [1.165, 1.54) is 6.92 Å². The average molecular weight is 358 g/mol. The van der Waals surface area contributed by atoms with Crippen molar-refractivity contribution in [2.45, 2.75) is 13.5 Å². The third kappa shape index (κ3) is 3.66. The highest BCUT2D eigenvalue weighted by Crippen LogP contribution is 2.32. The minimum absolute atomic E-state index is 0.264. The van der Waals surface area contributed by atoms with Gasteiger partial charge >= 0.3 is 0 Å². The summed E-state index contributed by atoms with van der Waals surface area (Å²) in [7, 11) is 0. The summed E-state index contributed by atoms with van der Waals surface area (Å²) in [5.74, 6) is -0.536. The highest BCUT2D eigenvalue weighted by Gasteiger charge is 2.22. The Hall–Kier alpha value is -2.58. The van der Waals surface area contributed by atoms with Crippen LogP contribution < -0.4 is 10.6 Å². The number of rotatable bonds is 5. The number of hydrogen-bond acceptors (Lipinski definition) is 6. The van der Waals surface area contributed by atoms with Crippen LogP contribution >= 0.6 is 22.9 Å². The van der Waals surface area contributed by atoms with Crippen LogP contribution in [-0.4, -0.2) is 21.2 Å². The molecule has 122 valence electrons. The second-order valence-electron chi connectivity index (χ2n) is 4.89. The maximum absolute atomic E-state index is 12.5. The fraction of sp³-hybridized carbons (Fsp3) is 0.125. The zero-order chi connectivity index (χ0) is 16.9. The van der Waals surface area contributed by atoms with E-state index in [4.69, 9.17) is 0 Å². The molecule has 0 unspecified atom stereocenters. The van der Waals surface area contributed by atoms with Gasteiger partial charge in [-0.15, -0.1) is 11.3 Å². The van der Waals surface area contributed by atoms with Gasteiger partial charge in [0.1, 0.15) is 10.6 Å². The Balaban J connectivity index is 1.88. The van der Waals surface area contributed by atoms with E-state index in [1.54, 1.807) is 29.7 Å². The smallest absolute Gasteiger partial charge is 0.265 e. The topological polar surface area (TPSA) is 84.0 Å². The first-order valence-corrected chi connectivity index (χ1v) is 8.79. The Morgan fingerprint density at radius 3 is 2.75 bits per heavy atom. The molecule has 0 spiro atoms. The van der Waals surface area contributed by atoms with Gasteiger partial charge in [0.15, 0.2) is 0 Å². The maximum atomic E-state index is 12.5. The van der Waals surface area contributed by atoms with E-state index >= 15 is 0 Å². The van der Waals surface area contributed by atoms with Crippen molar-refractivity contribution in [2.75, 3.05) is 5.32 Å². The highest BCUT2D eigenvalue weighted by molar-refractivity contribution is 7.10. The lowest BCUT2D eigenvalue weighted by molar-refractivity contribution is -0.114. The summed E-state index contributed by atoms with van der Waals surface area (Å²) < 4.78 is 4.31. The summed E-state index contributed by atoms with van der Waals surface area (Å²) in [5, 5.41) is 7.51. The highest BCUT2D eigenvalue weighted by atomic mass is 32.1. The van der Waals surface area contributed by atoms with Crippen molar-refractivity contribution in [3.63, 3.8) is 0 Å². The molecule has 0 fully saturated rings. The summed E-state index contributed by atoms with van der Waals surface area (Å²) in [4.78, 5) is 29.7. The molecule has 0 radical (unpaired) electrons. The Morgan fingerprint density at radius 2 is 2.08 bits per heavy atom. The number of hydrogen-bond donors (Lipinski definition) is 2. The van der Waals surface area contributed by atoms with E-state index < -0.39 is 0 Å². The number of aromatic nitrogens is 2. The van der Waals surface area contributed by atoms with E-state index in [-0.39, 0.29) is 11.8 Å². The normalized spacial score (nSPS) is 10.4. The molecule has 6 nitrogen and oxygen atoms in total. The molecule has 0 aromatic carbocycles. The SMILES string of the molecule is CC(=O)Nc1c(-c2ccccn2)nsc1C(=O)NCc1cccs1. The molecule has 0 aliphatic heterocycles. The van der Waals surface area contributed by atoms with Crippen LogP contribution in [0.2, 0.25) is 0 Å². The number of nitrogens with zero attached hydrogens (tertiary/aromatic N) is 2. The van der Waals surface area contributed by atoms with Crippen LogP contribution in [0, 0.1) is 0 Å². The molecule has 0 bridgehead atoms. The van der Waals surface area contributed by atoms with Crippen molar-refractivity contribution in [2.24, 2.45) is 0 Å². The molecule has 3 heterocycles. The molecule has 2 N–H and O–H groups in total. The van der Waals surface area contributed by atoms with Gasteiger partial charge in [-0.1, -0.05) is 12.1 Å². The first-order valence-electron chi connectivity index (χ1n) is 7.14. The quantitative estimate of drug-likeness (QED) is 0.734. The molecule has 0 saturated carbocycles. The van der Waals surface area contributed by atoms with Crippen molar-refractivity contribution >= 4 is 40.4 Å². The number of amides is 2. The maximum Gasteiger partial charge on any atom is 0.265 e.